The van der Waals surface area contributed by atoms with Crippen molar-refractivity contribution in [2.75, 3.05) is 11.9 Å². The molecule has 1 N–H and O–H groups in total. The number of rotatable bonds is 8. The molecule has 0 bridgehead atoms. The average Bonchev–Trinajstić information content (AvgIpc) is 3.62. The summed E-state index contributed by atoms with van der Waals surface area (Å²) in [5.74, 6) is -2.28. The lowest BCUT2D eigenvalue weighted by molar-refractivity contribution is -0.0151. The van der Waals surface area contributed by atoms with Gasteiger partial charge in [-0.3, -0.25) is 4.79 Å². The zero-order valence-corrected chi connectivity index (χ0v) is 22.6. The van der Waals surface area contributed by atoms with Crippen molar-refractivity contribution in [1.82, 2.24) is 25.0 Å². The molecule has 2 heterocycles. The zero-order valence-electron chi connectivity index (χ0n) is 22.6. The van der Waals surface area contributed by atoms with Crippen molar-refractivity contribution in [3.8, 4) is 0 Å². The second kappa shape index (κ2) is 12.1. The lowest BCUT2D eigenvalue weighted by Gasteiger charge is -2.21. The van der Waals surface area contributed by atoms with Crippen molar-refractivity contribution >= 4 is 34.8 Å². The van der Waals surface area contributed by atoms with Crippen molar-refractivity contribution in [1.29, 1.82) is 0 Å². The number of hydrogen-bond acceptors (Lipinski definition) is 9. The molecule has 43 heavy (non-hydrogen) atoms. The SMILES string of the molecule is O=C(Nc1ncnc2c1nnn2[C@@H]1C[C@H](COC(=O)c2ccccc2)[C@@H](OC(=O)c2ccccc2)[C@@H]1F)c1ccccc1. The molecule has 6 rings (SSSR count). The Kier molecular flexibility index (Phi) is 7.81. The molecule has 2 aromatic heterocycles. The molecular formula is C31H25FN6O5. The van der Waals surface area contributed by atoms with E-state index in [0.717, 1.165) is 0 Å². The Labute approximate surface area is 244 Å². The first-order valence-corrected chi connectivity index (χ1v) is 13.5. The standard InChI is InChI=1S/C31H25FN6O5/c32-24-23(38-28-25(36-37-38)27(33-18-34-28)35-29(39)19-10-4-1-5-11-19)16-22(17-42-30(40)20-12-6-2-7-13-20)26(24)43-31(41)21-14-8-3-9-15-21/h1-15,18,22-24,26H,16-17H2,(H,33,34,35,39)/t22-,23-,24-,26-/m1/s1. The maximum absolute atomic E-state index is 16.2. The van der Waals surface area contributed by atoms with E-state index in [1.165, 1.54) is 11.0 Å². The first kappa shape index (κ1) is 27.6. The first-order valence-electron chi connectivity index (χ1n) is 13.5. The molecule has 1 aliphatic rings. The van der Waals surface area contributed by atoms with Crippen LogP contribution >= 0.6 is 0 Å². The number of ether oxygens (including phenoxy) is 2. The van der Waals surface area contributed by atoms with Gasteiger partial charge in [-0.1, -0.05) is 59.8 Å². The number of aromatic nitrogens is 5. The van der Waals surface area contributed by atoms with Crippen molar-refractivity contribution in [3.05, 3.63) is 114 Å². The highest BCUT2D eigenvalue weighted by Crippen LogP contribution is 2.41. The Bertz CT molecular complexity index is 1750. The van der Waals surface area contributed by atoms with Gasteiger partial charge in [0.2, 0.25) is 0 Å². The Morgan fingerprint density at radius 1 is 0.837 bits per heavy atom. The highest BCUT2D eigenvalue weighted by atomic mass is 19.1. The minimum Gasteiger partial charge on any atom is -0.462 e. The lowest BCUT2D eigenvalue weighted by Crippen LogP contribution is -2.33. The molecule has 12 heteroatoms. The third kappa shape index (κ3) is 5.80. The molecule has 0 aliphatic heterocycles. The van der Waals surface area contributed by atoms with Gasteiger partial charge in [-0.05, 0) is 42.8 Å². The molecule has 1 fully saturated rings. The first-order chi connectivity index (χ1) is 21.0. The number of anilines is 1. The number of hydrogen-bond donors (Lipinski definition) is 1. The Morgan fingerprint density at radius 2 is 1.44 bits per heavy atom. The van der Waals surface area contributed by atoms with Gasteiger partial charge in [0.25, 0.3) is 5.91 Å². The molecule has 0 radical (unpaired) electrons. The van der Waals surface area contributed by atoms with Gasteiger partial charge in [-0.25, -0.2) is 28.6 Å². The maximum atomic E-state index is 16.2. The predicted molar refractivity (Wildman–Crippen MR) is 152 cm³/mol. The molecule has 1 amide bonds. The summed E-state index contributed by atoms with van der Waals surface area (Å²) in [5.41, 5.74) is 1.36. The summed E-state index contributed by atoms with van der Waals surface area (Å²) in [7, 11) is 0. The number of nitrogens with zero attached hydrogens (tertiary/aromatic N) is 5. The van der Waals surface area contributed by atoms with Gasteiger partial charge in [0.05, 0.1) is 23.8 Å². The lowest BCUT2D eigenvalue weighted by atomic mass is 10.1. The Morgan fingerprint density at radius 3 is 2.09 bits per heavy atom. The van der Waals surface area contributed by atoms with Gasteiger partial charge in [-0.15, -0.1) is 5.10 Å². The molecule has 11 nitrogen and oxygen atoms in total. The summed E-state index contributed by atoms with van der Waals surface area (Å²) >= 11 is 0. The van der Waals surface area contributed by atoms with E-state index < -0.39 is 42.1 Å². The third-order valence-electron chi connectivity index (χ3n) is 7.22. The van der Waals surface area contributed by atoms with Crippen LogP contribution in [0.15, 0.2) is 97.3 Å². The summed E-state index contributed by atoms with van der Waals surface area (Å²) in [6.45, 7) is -0.197. The van der Waals surface area contributed by atoms with Crippen LogP contribution in [0.3, 0.4) is 0 Å². The molecule has 216 valence electrons. The van der Waals surface area contributed by atoms with Crippen LogP contribution in [0.4, 0.5) is 10.2 Å². The van der Waals surface area contributed by atoms with Crippen LogP contribution in [0, 0.1) is 5.92 Å². The predicted octanol–water partition coefficient (Wildman–Crippen LogP) is 4.46. The fourth-order valence-electron chi connectivity index (χ4n) is 5.07. The van der Waals surface area contributed by atoms with E-state index in [0.29, 0.717) is 11.1 Å². The smallest absolute Gasteiger partial charge is 0.338 e. The van der Waals surface area contributed by atoms with E-state index in [9.17, 15) is 14.4 Å². The monoisotopic (exact) mass is 580 g/mol. The number of fused-ring (bicyclic) bond motifs is 1. The van der Waals surface area contributed by atoms with Gasteiger partial charge in [0.1, 0.15) is 12.4 Å². The zero-order chi connectivity index (χ0) is 29.8. The fraction of sp³-hybridized carbons (Fsp3) is 0.194. The van der Waals surface area contributed by atoms with Gasteiger partial charge < -0.3 is 14.8 Å². The van der Waals surface area contributed by atoms with Gasteiger partial charge in [0.15, 0.2) is 23.2 Å². The normalized spacial score (nSPS) is 19.6. The molecule has 0 spiro atoms. The van der Waals surface area contributed by atoms with Crippen LogP contribution in [-0.4, -0.2) is 61.7 Å². The van der Waals surface area contributed by atoms with Crippen LogP contribution in [0.2, 0.25) is 0 Å². The summed E-state index contributed by atoms with van der Waals surface area (Å²) in [6, 6.07) is 24.2. The molecular weight excluding hydrogens is 555 g/mol. The second-order valence-corrected chi connectivity index (χ2v) is 9.96. The largest absolute Gasteiger partial charge is 0.462 e. The summed E-state index contributed by atoms with van der Waals surface area (Å²) in [5, 5.41) is 11.0. The summed E-state index contributed by atoms with van der Waals surface area (Å²) in [6.07, 6.45) is -1.67. The molecule has 0 unspecified atom stereocenters. The third-order valence-corrected chi connectivity index (χ3v) is 7.22. The number of alkyl halides is 1. The number of amides is 1. The number of benzene rings is 3. The van der Waals surface area contributed by atoms with Crippen molar-refractivity contribution in [2.24, 2.45) is 5.92 Å². The van der Waals surface area contributed by atoms with Crippen molar-refractivity contribution in [2.45, 2.75) is 24.7 Å². The number of carbonyl (C=O) groups is 3. The molecule has 1 saturated carbocycles. The minimum atomic E-state index is -1.74. The van der Waals surface area contributed by atoms with Crippen LogP contribution in [0.25, 0.3) is 11.2 Å². The average molecular weight is 581 g/mol. The number of halogens is 1. The topological polar surface area (TPSA) is 138 Å². The van der Waals surface area contributed by atoms with Crippen LogP contribution in [0.1, 0.15) is 43.5 Å². The maximum Gasteiger partial charge on any atom is 0.338 e. The molecule has 5 aromatic rings. The molecule has 3 aromatic carbocycles. The summed E-state index contributed by atoms with van der Waals surface area (Å²) in [4.78, 5) is 46.7. The fourth-order valence-corrected chi connectivity index (χ4v) is 5.07. The van der Waals surface area contributed by atoms with Crippen molar-refractivity contribution in [3.63, 3.8) is 0 Å². The van der Waals surface area contributed by atoms with Gasteiger partial charge in [-0.2, -0.15) is 0 Å². The minimum absolute atomic E-state index is 0.101. The second-order valence-electron chi connectivity index (χ2n) is 9.96. The van der Waals surface area contributed by atoms with E-state index in [1.807, 2.05) is 0 Å². The van der Waals surface area contributed by atoms with E-state index >= 15 is 4.39 Å². The highest BCUT2D eigenvalue weighted by molar-refractivity contribution is 6.06. The summed E-state index contributed by atoms with van der Waals surface area (Å²) < 4.78 is 28.7. The van der Waals surface area contributed by atoms with Crippen LogP contribution < -0.4 is 5.32 Å². The molecule has 4 atom stereocenters. The Balaban J connectivity index is 1.26. The quantitative estimate of drug-likeness (QED) is 0.264. The molecule has 0 saturated heterocycles. The van der Waals surface area contributed by atoms with Crippen LogP contribution in [0.5, 0.6) is 0 Å². The van der Waals surface area contributed by atoms with E-state index in [1.54, 1.807) is 91.0 Å². The number of esters is 2. The number of nitrogens with one attached hydrogen (secondary N) is 1. The molecule has 1 aliphatic carbocycles. The van der Waals surface area contributed by atoms with E-state index in [2.05, 4.69) is 25.6 Å². The Hall–Kier alpha value is -5.52. The highest BCUT2D eigenvalue weighted by Gasteiger charge is 2.49. The van der Waals surface area contributed by atoms with Crippen molar-refractivity contribution < 1.29 is 28.2 Å². The van der Waals surface area contributed by atoms with Gasteiger partial charge in [0, 0.05) is 11.5 Å². The van der Waals surface area contributed by atoms with E-state index in [-0.39, 0.29) is 35.6 Å². The number of carbonyl (C=O) groups excluding carboxylic acids is 3. The van der Waals surface area contributed by atoms with Gasteiger partial charge >= 0.3 is 11.9 Å². The van der Waals surface area contributed by atoms with Crippen LogP contribution in [-0.2, 0) is 9.47 Å². The van der Waals surface area contributed by atoms with E-state index in [4.69, 9.17) is 9.47 Å².